The van der Waals surface area contributed by atoms with Gasteiger partial charge in [0.1, 0.15) is 0 Å². The van der Waals surface area contributed by atoms with Crippen LogP contribution in [0, 0.1) is 5.92 Å². The normalized spacial score (nSPS) is 23.5. The molecule has 0 radical (unpaired) electrons. The van der Waals surface area contributed by atoms with Gasteiger partial charge < -0.3 is 0 Å². The highest BCUT2D eigenvalue weighted by Crippen LogP contribution is 2.42. The van der Waals surface area contributed by atoms with Gasteiger partial charge in [0.15, 0.2) is 0 Å². The minimum atomic E-state index is -2.55. The van der Waals surface area contributed by atoms with Gasteiger partial charge in [-0.25, -0.2) is 13.8 Å². The van der Waals surface area contributed by atoms with Gasteiger partial charge in [-0.15, -0.1) is 0 Å². The molecule has 0 aliphatic heterocycles. The van der Waals surface area contributed by atoms with E-state index in [9.17, 15) is 13.6 Å². The quantitative estimate of drug-likeness (QED) is 0.793. The molecule has 0 aromatic carbocycles. The lowest BCUT2D eigenvalue weighted by Gasteiger charge is -2.18. The third-order valence-electron chi connectivity index (χ3n) is 3.17. The highest BCUT2D eigenvalue weighted by atomic mass is 19.3. The first-order chi connectivity index (χ1) is 7.59. The fourth-order valence-electron chi connectivity index (χ4n) is 2.20. The Labute approximate surface area is 92.1 Å². The highest BCUT2D eigenvalue weighted by Gasteiger charge is 2.43. The fraction of sp³-hybridized carbons (Fsp3) is 0.636. The molecule has 88 valence electrons. The SMILES string of the molecule is O=c1ccncn1CCC1CCCC1(F)F. The molecule has 1 aromatic heterocycles. The maximum absolute atomic E-state index is 13.3. The van der Waals surface area contributed by atoms with Crippen molar-refractivity contribution in [2.24, 2.45) is 5.92 Å². The monoisotopic (exact) mass is 228 g/mol. The van der Waals surface area contributed by atoms with Crippen molar-refractivity contribution in [1.29, 1.82) is 0 Å². The molecule has 1 heterocycles. The molecule has 0 amide bonds. The van der Waals surface area contributed by atoms with Gasteiger partial charge in [-0.3, -0.25) is 9.36 Å². The third kappa shape index (κ3) is 2.28. The molecule has 3 nitrogen and oxygen atoms in total. The van der Waals surface area contributed by atoms with E-state index in [1.807, 2.05) is 0 Å². The smallest absolute Gasteiger partial charge is 0.253 e. The molecule has 16 heavy (non-hydrogen) atoms. The summed E-state index contributed by atoms with van der Waals surface area (Å²) in [5.74, 6) is -3.13. The minimum absolute atomic E-state index is 0.0143. The van der Waals surface area contributed by atoms with Gasteiger partial charge in [-0.2, -0.15) is 0 Å². The summed E-state index contributed by atoms with van der Waals surface area (Å²) in [6.07, 6.45) is 4.28. The number of hydrogen-bond donors (Lipinski definition) is 0. The summed E-state index contributed by atoms with van der Waals surface area (Å²) in [7, 11) is 0. The topological polar surface area (TPSA) is 34.9 Å². The van der Waals surface area contributed by atoms with Crippen molar-refractivity contribution in [1.82, 2.24) is 9.55 Å². The van der Waals surface area contributed by atoms with Crippen LogP contribution >= 0.6 is 0 Å². The Kier molecular flexibility index (Phi) is 3.03. The first kappa shape index (κ1) is 11.2. The predicted molar refractivity (Wildman–Crippen MR) is 55.4 cm³/mol. The summed E-state index contributed by atoms with van der Waals surface area (Å²) in [6, 6.07) is 1.34. The summed E-state index contributed by atoms with van der Waals surface area (Å²) in [5.41, 5.74) is -0.184. The lowest BCUT2D eigenvalue weighted by molar-refractivity contribution is -0.0406. The molecule has 1 unspecified atom stereocenters. The molecular formula is C11H14F2N2O. The second kappa shape index (κ2) is 4.31. The number of rotatable bonds is 3. The van der Waals surface area contributed by atoms with E-state index in [2.05, 4.69) is 4.98 Å². The van der Waals surface area contributed by atoms with Crippen LogP contribution in [0.5, 0.6) is 0 Å². The van der Waals surface area contributed by atoms with E-state index >= 15 is 0 Å². The summed E-state index contributed by atoms with van der Waals surface area (Å²) in [5, 5.41) is 0. The van der Waals surface area contributed by atoms with Gasteiger partial charge in [-0.1, -0.05) is 0 Å². The Morgan fingerprint density at radius 3 is 3.00 bits per heavy atom. The lowest BCUT2D eigenvalue weighted by Crippen LogP contribution is -2.26. The van der Waals surface area contributed by atoms with Crippen LogP contribution in [-0.2, 0) is 6.54 Å². The van der Waals surface area contributed by atoms with E-state index in [4.69, 9.17) is 0 Å². The van der Waals surface area contributed by atoms with Crippen molar-refractivity contribution in [3.05, 3.63) is 28.9 Å². The van der Waals surface area contributed by atoms with Gasteiger partial charge in [0.25, 0.3) is 11.5 Å². The number of aryl methyl sites for hydroxylation is 1. The van der Waals surface area contributed by atoms with E-state index in [-0.39, 0.29) is 12.0 Å². The average molecular weight is 228 g/mol. The highest BCUT2D eigenvalue weighted by molar-refractivity contribution is 4.86. The molecule has 1 aliphatic carbocycles. The predicted octanol–water partition coefficient (Wildman–Crippen LogP) is 2.07. The lowest BCUT2D eigenvalue weighted by atomic mass is 10.0. The van der Waals surface area contributed by atoms with Gasteiger partial charge in [0.05, 0.1) is 6.33 Å². The van der Waals surface area contributed by atoms with Crippen LogP contribution < -0.4 is 5.56 Å². The Hall–Kier alpha value is -1.26. The second-order valence-corrected chi connectivity index (χ2v) is 4.25. The molecule has 0 bridgehead atoms. The van der Waals surface area contributed by atoms with Gasteiger partial charge >= 0.3 is 0 Å². The van der Waals surface area contributed by atoms with Crippen molar-refractivity contribution in [2.75, 3.05) is 0 Å². The van der Waals surface area contributed by atoms with Crippen LogP contribution in [0.1, 0.15) is 25.7 Å². The Morgan fingerprint density at radius 1 is 1.56 bits per heavy atom. The van der Waals surface area contributed by atoms with Crippen LogP contribution in [0.4, 0.5) is 8.78 Å². The van der Waals surface area contributed by atoms with E-state index in [0.29, 0.717) is 25.8 Å². The summed E-state index contributed by atoms with van der Waals surface area (Å²) in [4.78, 5) is 15.1. The Morgan fingerprint density at radius 2 is 2.38 bits per heavy atom. The van der Waals surface area contributed by atoms with Gasteiger partial charge in [0.2, 0.25) is 0 Å². The zero-order valence-corrected chi connectivity index (χ0v) is 8.90. The second-order valence-electron chi connectivity index (χ2n) is 4.25. The molecule has 1 aliphatic rings. The number of nitrogens with zero attached hydrogens (tertiary/aromatic N) is 2. The van der Waals surface area contributed by atoms with Gasteiger partial charge in [0, 0.05) is 31.1 Å². The molecule has 1 aromatic rings. The fourth-order valence-corrected chi connectivity index (χ4v) is 2.20. The van der Waals surface area contributed by atoms with Crippen molar-refractivity contribution >= 4 is 0 Å². The van der Waals surface area contributed by atoms with Crippen molar-refractivity contribution < 1.29 is 8.78 Å². The number of hydrogen-bond acceptors (Lipinski definition) is 2. The van der Waals surface area contributed by atoms with Gasteiger partial charge in [-0.05, 0) is 19.3 Å². The molecule has 1 atom stereocenters. The first-order valence-corrected chi connectivity index (χ1v) is 5.48. The van der Waals surface area contributed by atoms with Crippen molar-refractivity contribution in [3.8, 4) is 0 Å². The maximum atomic E-state index is 13.3. The number of aromatic nitrogens is 2. The maximum Gasteiger partial charge on any atom is 0.253 e. The Balaban J connectivity index is 1.98. The zero-order valence-electron chi connectivity index (χ0n) is 8.90. The van der Waals surface area contributed by atoms with Crippen LogP contribution in [0.15, 0.2) is 23.4 Å². The molecule has 0 N–H and O–H groups in total. The van der Waals surface area contributed by atoms with E-state index < -0.39 is 11.8 Å². The van der Waals surface area contributed by atoms with Crippen molar-refractivity contribution in [2.45, 2.75) is 38.2 Å². The summed E-state index contributed by atoms with van der Waals surface area (Å²) < 4.78 is 28.0. The molecule has 1 fully saturated rings. The molecular weight excluding hydrogens is 214 g/mol. The number of alkyl halides is 2. The average Bonchev–Trinajstić information content (AvgIpc) is 2.57. The van der Waals surface area contributed by atoms with Crippen LogP contribution in [0.2, 0.25) is 0 Å². The standard InChI is InChI=1S/C11H14F2N2O/c12-11(13)5-1-2-9(11)4-7-15-8-14-6-3-10(15)16/h3,6,8-9H,1-2,4-5,7H2. The van der Waals surface area contributed by atoms with Crippen LogP contribution in [0.3, 0.4) is 0 Å². The molecule has 0 spiro atoms. The molecule has 2 rings (SSSR count). The third-order valence-corrected chi connectivity index (χ3v) is 3.17. The van der Waals surface area contributed by atoms with E-state index in [0.717, 1.165) is 0 Å². The Bertz CT molecular complexity index is 416. The largest absolute Gasteiger partial charge is 0.299 e. The minimum Gasteiger partial charge on any atom is -0.299 e. The molecule has 0 saturated heterocycles. The molecule has 5 heteroatoms. The summed E-state index contributed by atoms with van der Waals surface area (Å²) in [6.45, 7) is 0.326. The van der Waals surface area contributed by atoms with Crippen LogP contribution in [0.25, 0.3) is 0 Å². The molecule has 1 saturated carbocycles. The number of halogens is 2. The van der Waals surface area contributed by atoms with Crippen molar-refractivity contribution in [3.63, 3.8) is 0 Å². The van der Waals surface area contributed by atoms with E-state index in [1.54, 1.807) is 0 Å². The summed E-state index contributed by atoms with van der Waals surface area (Å²) >= 11 is 0. The van der Waals surface area contributed by atoms with Crippen LogP contribution in [-0.4, -0.2) is 15.5 Å². The zero-order chi connectivity index (χ0) is 11.6. The van der Waals surface area contributed by atoms with E-state index in [1.165, 1.54) is 23.2 Å². The first-order valence-electron chi connectivity index (χ1n) is 5.48.